The fourth-order valence-electron chi connectivity index (χ4n) is 2.80. The Kier molecular flexibility index (Phi) is 4.17. The van der Waals surface area contributed by atoms with Crippen LogP contribution in [-0.2, 0) is 4.79 Å². The average Bonchev–Trinajstić information content (AvgIpc) is 2.52. The van der Waals surface area contributed by atoms with Crippen LogP contribution in [0.25, 0.3) is 0 Å². The summed E-state index contributed by atoms with van der Waals surface area (Å²) in [6.45, 7) is 6.17. The van der Waals surface area contributed by atoms with Crippen LogP contribution in [0.5, 0.6) is 0 Å². The summed E-state index contributed by atoms with van der Waals surface area (Å²) in [4.78, 5) is 14.2. The number of carbonyl (C=O) groups is 1. The van der Waals surface area contributed by atoms with E-state index in [0.29, 0.717) is 11.9 Å². The Morgan fingerprint density at radius 1 is 1.31 bits per heavy atom. The Morgan fingerprint density at radius 2 is 1.94 bits per heavy atom. The second-order valence-corrected chi connectivity index (χ2v) is 5.17. The van der Waals surface area contributed by atoms with Gasteiger partial charge in [-0.25, -0.2) is 0 Å². The molecule has 1 amide bonds. The molecule has 0 N–H and O–H groups in total. The van der Waals surface area contributed by atoms with Crippen molar-refractivity contribution in [2.45, 2.75) is 66.3 Å². The van der Waals surface area contributed by atoms with Gasteiger partial charge in [-0.15, -0.1) is 0 Å². The standard InChI is InChI=1S/C13H21NO.CH4/c1-9(2)13(15)14-10(3)8-11-6-4-5-7-12(11)14;/h9-10H,4-8H2,1-3H3;1H4/t10-;/m1./s1. The molecule has 2 aliphatic rings. The molecule has 1 aliphatic heterocycles. The first kappa shape index (κ1) is 13.3. The van der Waals surface area contributed by atoms with Gasteiger partial charge in [-0.3, -0.25) is 4.79 Å². The van der Waals surface area contributed by atoms with E-state index in [4.69, 9.17) is 0 Å². The molecule has 1 heterocycles. The van der Waals surface area contributed by atoms with Crippen molar-refractivity contribution in [1.29, 1.82) is 0 Å². The molecule has 1 atom stereocenters. The van der Waals surface area contributed by atoms with Gasteiger partial charge in [-0.1, -0.05) is 21.3 Å². The summed E-state index contributed by atoms with van der Waals surface area (Å²) < 4.78 is 0. The van der Waals surface area contributed by atoms with Gasteiger partial charge in [0.05, 0.1) is 0 Å². The maximum Gasteiger partial charge on any atom is 0.229 e. The minimum atomic E-state index is 0. The molecule has 0 spiro atoms. The van der Waals surface area contributed by atoms with Gasteiger partial charge in [0.1, 0.15) is 0 Å². The smallest absolute Gasteiger partial charge is 0.229 e. The molecule has 0 radical (unpaired) electrons. The average molecular weight is 223 g/mol. The van der Waals surface area contributed by atoms with Crippen molar-refractivity contribution >= 4 is 5.91 Å². The fraction of sp³-hybridized carbons (Fsp3) is 0.786. The summed E-state index contributed by atoms with van der Waals surface area (Å²) in [5.41, 5.74) is 2.93. The van der Waals surface area contributed by atoms with Gasteiger partial charge >= 0.3 is 0 Å². The number of amides is 1. The summed E-state index contributed by atoms with van der Waals surface area (Å²) in [5, 5.41) is 0. The normalized spacial score (nSPS) is 24.5. The number of allylic oxidation sites excluding steroid dienone is 1. The Balaban J connectivity index is 0.00000128. The highest BCUT2D eigenvalue weighted by molar-refractivity contribution is 5.81. The van der Waals surface area contributed by atoms with E-state index in [9.17, 15) is 4.79 Å². The summed E-state index contributed by atoms with van der Waals surface area (Å²) in [5.74, 6) is 0.440. The molecule has 0 aromatic rings. The Labute approximate surface area is 99.7 Å². The lowest BCUT2D eigenvalue weighted by molar-refractivity contribution is -0.133. The lowest BCUT2D eigenvalue weighted by Crippen LogP contribution is -2.37. The highest BCUT2D eigenvalue weighted by atomic mass is 16.2. The summed E-state index contributed by atoms with van der Waals surface area (Å²) >= 11 is 0. The number of hydrogen-bond donors (Lipinski definition) is 0. The molecular weight excluding hydrogens is 198 g/mol. The first-order chi connectivity index (χ1) is 7.11. The number of hydrogen-bond acceptors (Lipinski definition) is 1. The van der Waals surface area contributed by atoms with Crippen LogP contribution in [-0.4, -0.2) is 16.8 Å². The maximum absolute atomic E-state index is 12.1. The van der Waals surface area contributed by atoms with Gasteiger partial charge in [0.2, 0.25) is 5.91 Å². The van der Waals surface area contributed by atoms with Gasteiger partial charge in [-0.05, 0) is 44.6 Å². The van der Waals surface area contributed by atoms with Crippen LogP contribution in [0.1, 0.15) is 60.3 Å². The first-order valence-corrected chi connectivity index (χ1v) is 6.15. The molecule has 0 saturated carbocycles. The van der Waals surface area contributed by atoms with Crippen LogP contribution in [0.4, 0.5) is 0 Å². The van der Waals surface area contributed by atoms with Crippen molar-refractivity contribution in [1.82, 2.24) is 4.90 Å². The summed E-state index contributed by atoms with van der Waals surface area (Å²) in [6.07, 6.45) is 6.04. The van der Waals surface area contributed by atoms with E-state index in [1.54, 1.807) is 5.57 Å². The lowest BCUT2D eigenvalue weighted by atomic mass is 9.96. The van der Waals surface area contributed by atoms with E-state index in [-0.39, 0.29) is 13.3 Å². The third-order valence-corrected chi connectivity index (χ3v) is 3.55. The van der Waals surface area contributed by atoms with Crippen molar-refractivity contribution in [2.24, 2.45) is 5.92 Å². The van der Waals surface area contributed by atoms with E-state index in [1.165, 1.54) is 25.0 Å². The van der Waals surface area contributed by atoms with Crippen molar-refractivity contribution in [3.63, 3.8) is 0 Å². The third kappa shape index (κ3) is 2.16. The summed E-state index contributed by atoms with van der Waals surface area (Å²) in [6, 6.07) is 0.406. The van der Waals surface area contributed by atoms with Crippen LogP contribution >= 0.6 is 0 Å². The molecule has 0 saturated heterocycles. The summed E-state index contributed by atoms with van der Waals surface area (Å²) in [7, 11) is 0. The molecule has 2 rings (SSSR count). The van der Waals surface area contributed by atoms with Gasteiger partial charge in [0, 0.05) is 17.7 Å². The van der Waals surface area contributed by atoms with Crippen LogP contribution in [0.2, 0.25) is 0 Å². The third-order valence-electron chi connectivity index (χ3n) is 3.55. The van der Waals surface area contributed by atoms with Crippen LogP contribution in [0.15, 0.2) is 11.3 Å². The van der Waals surface area contributed by atoms with Crippen LogP contribution in [0.3, 0.4) is 0 Å². The number of rotatable bonds is 1. The van der Waals surface area contributed by atoms with E-state index in [2.05, 4.69) is 11.8 Å². The predicted octanol–water partition coefficient (Wildman–Crippen LogP) is 3.73. The van der Waals surface area contributed by atoms with Crippen LogP contribution in [0, 0.1) is 5.92 Å². The van der Waals surface area contributed by atoms with Gasteiger partial charge in [-0.2, -0.15) is 0 Å². The number of carbonyl (C=O) groups excluding carboxylic acids is 1. The highest BCUT2D eigenvalue weighted by Crippen LogP contribution is 2.38. The molecular formula is C14H25NO. The zero-order valence-electron chi connectivity index (χ0n) is 10.0. The molecule has 0 fully saturated rings. The quantitative estimate of drug-likeness (QED) is 0.663. The topological polar surface area (TPSA) is 20.3 Å². The van der Waals surface area contributed by atoms with Crippen LogP contribution < -0.4 is 0 Å². The molecule has 1 aliphatic carbocycles. The van der Waals surface area contributed by atoms with E-state index in [1.807, 2.05) is 13.8 Å². The fourth-order valence-corrected chi connectivity index (χ4v) is 2.80. The van der Waals surface area contributed by atoms with Gasteiger partial charge in [0.25, 0.3) is 0 Å². The van der Waals surface area contributed by atoms with Crippen molar-refractivity contribution in [3.05, 3.63) is 11.3 Å². The Hall–Kier alpha value is -0.790. The zero-order chi connectivity index (χ0) is 11.0. The SMILES string of the molecule is C.CC(C)C(=O)N1C2=C(CCCC2)C[C@H]1C. The molecule has 2 heteroatoms. The van der Waals surface area contributed by atoms with Crippen molar-refractivity contribution in [2.75, 3.05) is 0 Å². The molecule has 0 aromatic carbocycles. The molecule has 0 bridgehead atoms. The minimum absolute atomic E-state index is 0. The van der Waals surface area contributed by atoms with E-state index < -0.39 is 0 Å². The maximum atomic E-state index is 12.1. The Morgan fingerprint density at radius 3 is 2.56 bits per heavy atom. The van der Waals surface area contributed by atoms with Crippen molar-refractivity contribution in [3.8, 4) is 0 Å². The molecule has 0 unspecified atom stereocenters. The Bertz CT molecular complexity index is 304. The van der Waals surface area contributed by atoms with Crippen molar-refractivity contribution < 1.29 is 4.79 Å². The lowest BCUT2D eigenvalue weighted by Gasteiger charge is -2.28. The van der Waals surface area contributed by atoms with Gasteiger partial charge < -0.3 is 4.90 Å². The van der Waals surface area contributed by atoms with E-state index in [0.717, 1.165) is 12.8 Å². The predicted molar refractivity (Wildman–Crippen MR) is 68.0 cm³/mol. The minimum Gasteiger partial charge on any atom is -0.313 e. The monoisotopic (exact) mass is 223 g/mol. The first-order valence-electron chi connectivity index (χ1n) is 6.15. The van der Waals surface area contributed by atoms with E-state index >= 15 is 0 Å². The second kappa shape index (κ2) is 5.03. The highest BCUT2D eigenvalue weighted by Gasteiger charge is 2.34. The largest absolute Gasteiger partial charge is 0.313 e. The molecule has 0 aromatic heterocycles. The molecule has 16 heavy (non-hydrogen) atoms. The zero-order valence-corrected chi connectivity index (χ0v) is 10.0. The van der Waals surface area contributed by atoms with Gasteiger partial charge in [0.15, 0.2) is 0 Å². The molecule has 92 valence electrons. The second-order valence-electron chi connectivity index (χ2n) is 5.17. The molecule has 2 nitrogen and oxygen atoms in total. The number of nitrogens with zero attached hydrogens (tertiary/aromatic N) is 1.